The van der Waals surface area contributed by atoms with Crippen molar-refractivity contribution in [3.8, 4) is 0 Å². The molecule has 0 bridgehead atoms. The van der Waals surface area contributed by atoms with Crippen molar-refractivity contribution in [1.82, 2.24) is 0 Å². The Morgan fingerprint density at radius 1 is 1.15 bits per heavy atom. The van der Waals surface area contributed by atoms with Gasteiger partial charge in [0, 0.05) is 17.8 Å². The van der Waals surface area contributed by atoms with E-state index in [1.807, 2.05) is 50.2 Å². The lowest BCUT2D eigenvalue weighted by Gasteiger charge is -2.09. The molecule has 0 spiro atoms. The molecule has 20 heavy (non-hydrogen) atoms. The predicted molar refractivity (Wildman–Crippen MR) is 83.7 cm³/mol. The van der Waals surface area contributed by atoms with E-state index in [4.69, 9.17) is 5.73 Å². The second-order valence-corrected chi connectivity index (χ2v) is 5.11. The van der Waals surface area contributed by atoms with Crippen molar-refractivity contribution in [3.63, 3.8) is 0 Å². The molecule has 3 heteroatoms. The van der Waals surface area contributed by atoms with Crippen LogP contribution in [0.3, 0.4) is 0 Å². The molecule has 0 aliphatic rings. The van der Waals surface area contributed by atoms with Gasteiger partial charge < -0.3 is 11.1 Å². The molecule has 0 heterocycles. The van der Waals surface area contributed by atoms with E-state index in [2.05, 4.69) is 11.4 Å². The summed E-state index contributed by atoms with van der Waals surface area (Å²) in [7, 11) is 0. The highest BCUT2D eigenvalue weighted by molar-refractivity contribution is 5.91. The largest absolute Gasteiger partial charge is 0.399 e. The Morgan fingerprint density at radius 2 is 1.95 bits per heavy atom. The van der Waals surface area contributed by atoms with E-state index in [0.29, 0.717) is 12.8 Å². The first-order valence-electron chi connectivity index (χ1n) is 6.76. The highest BCUT2D eigenvalue weighted by atomic mass is 16.1. The third kappa shape index (κ3) is 3.85. The fourth-order valence-corrected chi connectivity index (χ4v) is 2.17. The standard InChI is InChI=1S/C17H20N2O/c1-12-6-8-16(13(2)10-12)19-17(20)9-7-14-4-3-5-15(18)11-14/h3-6,8,10-11H,7,9,18H2,1-2H3,(H,19,20). The number of benzene rings is 2. The first kappa shape index (κ1) is 14.1. The lowest BCUT2D eigenvalue weighted by Crippen LogP contribution is -2.13. The first-order valence-corrected chi connectivity index (χ1v) is 6.76. The molecule has 2 aromatic carbocycles. The van der Waals surface area contributed by atoms with Crippen molar-refractivity contribution >= 4 is 17.3 Å². The summed E-state index contributed by atoms with van der Waals surface area (Å²) in [6.07, 6.45) is 1.15. The van der Waals surface area contributed by atoms with Crippen LogP contribution in [0.25, 0.3) is 0 Å². The van der Waals surface area contributed by atoms with Crippen LogP contribution in [-0.4, -0.2) is 5.91 Å². The average Bonchev–Trinajstić information content (AvgIpc) is 2.40. The van der Waals surface area contributed by atoms with Crippen molar-refractivity contribution in [2.24, 2.45) is 0 Å². The number of carbonyl (C=O) groups is 1. The third-order valence-electron chi connectivity index (χ3n) is 3.25. The summed E-state index contributed by atoms with van der Waals surface area (Å²) in [6, 6.07) is 13.7. The monoisotopic (exact) mass is 268 g/mol. The van der Waals surface area contributed by atoms with Gasteiger partial charge in [0.2, 0.25) is 5.91 Å². The number of nitrogen functional groups attached to an aromatic ring is 1. The Morgan fingerprint density at radius 3 is 2.65 bits per heavy atom. The minimum atomic E-state index is 0.0272. The molecule has 0 fully saturated rings. The summed E-state index contributed by atoms with van der Waals surface area (Å²) >= 11 is 0. The number of hydrogen-bond donors (Lipinski definition) is 2. The van der Waals surface area contributed by atoms with Gasteiger partial charge in [0.15, 0.2) is 0 Å². The highest BCUT2D eigenvalue weighted by Gasteiger charge is 2.05. The zero-order valence-corrected chi connectivity index (χ0v) is 11.9. The van der Waals surface area contributed by atoms with Gasteiger partial charge in [0.05, 0.1) is 0 Å². The second-order valence-electron chi connectivity index (χ2n) is 5.11. The number of hydrogen-bond acceptors (Lipinski definition) is 2. The van der Waals surface area contributed by atoms with Crippen molar-refractivity contribution in [2.45, 2.75) is 26.7 Å². The Bertz CT molecular complexity index is 620. The van der Waals surface area contributed by atoms with Crippen molar-refractivity contribution < 1.29 is 4.79 Å². The van der Waals surface area contributed by atoms with Crippen LogP contribution >= 0.6 is 0 Å². The van der Waals surface area contributed by atoms with Crippen LogP contribution in [0.4, 0.5) is 11.4 Å². The fraction of sp³-hybridized carbons (Fsp3) is 0.235. The predicted octanol–water partition coefficient (Wildman–Crippen LogP) is 3.46. The summed E-state index contributed by atoms with van der Waals surface area (Å²) < 4.78 is 0. The summed E-state index contributed by atoms with van der Waals surface area (Å²) in [5, 5.41) is 2.95. The maximum Gasteiger partial charge on any atom is 0.224 e. The molecule has 0 aliphatic carbocycles. The number of nitrogens with two attached hydrogens (primary N) is 1. The van der Waals surface area contributed by atoms with E-state index in [0.717, 1.165) is 22.5 Å². The maximum absolute atomic E-state index is 12.0. The van der Waals surface area contributed by atoms with Gasteiger partial charge in [-0.25, -0.2) is 0 Å². The van der Waals surface area contributed by atoms with Crippen molar-refractivity contribution in [1.29, 1.82) is 0 Å². The van der Waals surface area contributed by atoms with E-state index in [9.17, 15) is 4.79 Å². The molecular weight excluding hydrogens is 248 g/mol. The van der Waals surface area contributed by atoms with E-state index in [1.165, 1.54) is 5.56 Å². The summed E-state index contributed by atoms with van der Waals surface area (Å²) in [5.74, 6) is 0.0272. The summed E-state index contributed by atoms with van der Waals surface area (Å²) in [5.41, 5.74) is 10.7. The van der Waals surface area contributed by atoms with Gasteiger partial charge in [0.1, 0.15) is 0 Å². The van der Waals surface area contributed by atoms with Crippen LogP contribution in [-0.2, 0) is 11.2 Å². The zero-order chi connectivity index (χ0) is 14.5. The second kappa shape index (κ2) is 6.24. The van der Waals surface area contributed by atoms with Crippen LogP contribution in [0.5, 0.6) is 0 Å². The molecule has 0 aliphatic heterocycles. The molecule has 1 amide bonds. The molecule has 0 unspecified atom stereocenters. The number of nitrogens with one attached hydrogen (secondary N) is 1. The minimum Gasteiger partial charge on any atom is -0.399 e. The molecule has 0 saturated heterocycles. The first-order chi connectivity index (χ1) is 9.54. The van der Waals surface area contributed by atoms with Crippen LogP contribution in [0.1, 0.15) is 23.1 Å². The van der Waals surface area contributed by atoms with Crippen LogP contribution in [0, 0.1) is 13.8 Å². The Kier molecular flexibility index (Phi) is 4.41. The van der Waals surface area contributed by atoms with Gasteiger partial charge in [-0.05, 0) is 49.6 Å². The van der Waals surface area contributed by atoms with Crippen LogP contribution < -0.4 is 11.1 Å². The van der Waals surface area contributed by atoms with E-state index in [1.54, 1.807) is 0 Å². The molecule has 0 atom stereocenters. The van der Waals surface area contributed by atoms with Gasteiger partial charge in [-0.1, -0.05) is 29.8 Å². The SMILES string of the molecule is Cc1ccc(NC(=O)CCc2cccc(N)c2)c(C)c1. The molecule has 2 rings (SSSR count). The Hall–Kier alpha value is -2.29. The molecule has 0 aromatic heterocycles. The average molecular weight is 268 g/mol. The van der Waals surface area contributed by atoms with Crippen molar-refractivity contribution in [3.05, 3.63) is 59.2 Å². The number of rotatable bonds is 4. The van der Waals surface area contributed by atoms with Crippen molar-refractivity contribution in [2.75, 3.05) is 11.1 Å². The maximum atomic E-state index is 12.0. The third-order valence-corrected chi connectivity index (χ3v) is 3.25. The zero-order valence-electron chi connectivity index (χ0n) is 11.9. The molecule has 0 saturated carbocycles. The lowest BCUT2D eigenvalue weighted by molar-refractivity contribution is -0.116. The van der Waals surface area contributed by atoms with Gasteiger partial charge in [-0.15, -0.1) is 0 Å². The molecular formula is C17H20N2O. The molecule has 2 aromatic rings. The summed E-state index contributed by atoms with van der Waals surface area (Å²) in [4.78, 5) is 12.0. The normalized spacial score (nSPS) is 10.3. The minimum absolute atomic E-state index is 0.0272. The van der Waals surface area contributed by atoms with E-state index in [-0.39, 0.29) is 5.91 Å². The fourth-order valence-electron chi connectivity index (χ4n) is 2.17. The number of amides is 1. The molecule has 3 nitrogen and oxygen atoms in total. The topological polar surface area (TPSA) is 55.1 Å². The van der Waals surface area contributed by atoms with Crippen LogP contribution in [0.2, 0.25) is 0 Å². The number of aryl methyl sites for hydroxylation is 3. The smallest absolute Gasteiger partial charge is 0.224 e. The molecule has 3 N–H and O–H groups in total. The van der Waals surface area contributed by atoms with E-state index < -0.39 is 0 Å². The van der Waals surface area contributed by atoms with Gasteiger partial charge >= 0.3 is 0 Å². The highest BCUT2D eigenvalue weighted by Crippen LogP contribution is 2.16. The van der Waals surface area contributed by atoms with Gasteiger partial charge in [-0.2, -0.15) is 0 Å². The van der Waals surface area contributed by atoms with Crippen LogP contribution in [0.15, 0.2) is 42.5 Å². The number of anilines is 2. The quantitative estimate of drug-likeness (QED) is 0.834. The lowest BCUT2D eigenvalue weighted by atomic mass is 10.1. The van der Waals surface area contributed by atoms with Gasteiger partial charge in [-0.3, -0.25) is 4.79 Å². The van der Waals surface area contributed by atoms with E-state index >= 15 is 0 Å². The number of carbonyl (C=O) groups excluding carboxylic acids is 1. The molecule has 104 valence electrons. The Labute approximate surface area is 119 Å². The summed E-state index contributed by atoms with van der Waals surface area (Å²) in [6.45, 7) is 4.04. The van der Waals surface area contributed by atoms with Gasteiger partial charge in [0.25, 0.3) is 0 Å². The molecule has 0 radical (unpaired) electrons. The Balaban J connectivity index is 1.92.